The first-order valence-corrected chi connectivity index (χ1v) is 5.31. The first-order chi connectivity index (χ1) is 6.45. The fourth-order valence-electron chi connectivity index (χ4n) is 1.48. The summed E-state index contributed by atoms with van der Waals surface area (Å²) < 4.78 is 5.05. The predicted molar refractivity (Wildman–Crippen MR) is 55.9 cm³/mol. The van der Waals surface area contributed by atoms with Crippen molar-refractivity contribution in [2.24, 2.45) is 5.92 Å². The van der Waals surface area contributed by atoms with Crippen molar-refractivity contribution in [3.05, 3.63) is 0 Å². The zero-order valence-corrected chi connectivity index (χ0v) is 9.62. The first-order valence-electron chi connectivity index (χ1n) is 5.31. The highest BCUT2D eigenvalue weighted by Gasteiger charge is 2.16. The lowest BCUT2D eigenvalue weighted by atomic mass is 10.0. The average molecular weight is 202 g/mol. The minimum atomic E-state index is -0.362. The van der Waals surface area contributed by atoms with Gasteiger partial charge >= 0.3 is 5.97 Å². The molecule has 0 rings (SSSR count). The van der Waals surface area contributed by atoms with Crippen LogP contribution in [0.1, 0.15) is 47.0 Å². The molecule has 0 aromatic rings. The number of carbonyl (C=O) groups excluding carboxylic acids is 1. The molecule has 3 heteroatoms. The molecule has 0 aliphatic rings. The maximum absolute atomic E-state index is 10.7. The van der Waals surface area contributed by atoms with Gasteiger partial charge in [-0.2, -0.15) is 0 Å². The molecule has 2 atom stereocenters. The Labute approximate surface area is 86.5 Å². The molecule has 0 fully saturated rings. The van der Waals surface area contributed by atoms with Crippen molar-refractivity contribution < 1.29 is 14.6 Å². The number of aliphatic hydroxyl groups is 1. The second-order valence-corrected chi connectivity index (χ2v) is 4.16. The summed E-state index contributed by atoms with van der Waals surface area (Å²) in [6.45, 7) is 7.49. The summed E-state index contributed by atoms with van der Waals surface area (Å²) in [4.78, 5) is 10.7. The molecular weight excluding hydrogens is 180 g/mol. The molecule has 84 valence electrons. The van der Waals surface area contributed by atoms with Gasteiger partial charge in [0.05, 0.1) is 6.10 Å². The van der Waals surface area contributed by atoms with Crippen molar-refractivity contribution in [2.75, 3.05) is 0 Å². The van der Waals surface area contributed by atoms with Gasteiger partial charge in [-0.3, -0.25) is 4.79 Å². The smallest absolute Gasteiger partial charge is 0.302 e. The van der Waals surface area contributed by atoms with Crippen molar-refractivity contribution >= 4 is 5.97 Å². The Hall–Kier alpha value is -0.570. The summed E-state index contributed by atoms with van der Waals surface area (Å²) in [6, 6.07) is 0. The van der Waals surface area contributed by atoms with Gasteiger partial charge in [0.2, 0.25) is 0 Å². The maximum atomic E-state index is 10.7. The van der Waals surface area contributed by atoms with Gasteiger partial charge < -0.3 is 9.84 Å². The molecule has 14 heavy (non-hydrogen) atoms. The van der Waals surface area contributed by atoms with Crippen LogP contribution < -0.4 is 0 Å². The van der Waals surface area contributed by atoms with Gasteiger partial charge in [-0.25, -0.2) is 0 Å². The van der Waals surface area contributed by atoms with Crippen LogP contribution in [0, 0.1) is 5.92 Å². The van der Waals surface area contributed by atoms with Crippen LogP contribution >= 0.6 is 0 Å². The molecule has 0 aliphatic heterocycles. The van der Waals surface area contributed by atoms with E-state index in [9.17, 15) is 9.90 Å². The SMILES string of the molecule is CCC(CC(O)CC(C)C)OC(C)=O. The van der Waals surface area contributed by atoms with E-state index in [-0.39, 0.29) is 18.2 Å². The third kappa shape index (κ3) is 6.89. The molecule has 0 saturated heterocycles. The quantitative estimate of drug-likeness (QED) is 0.671. The number of esters is 1. The molecule has 0 saturated carbocycles. The summed E-state index contributed by atoms with van der Waals surface area (Å²) in [5, 5.41) is 9.64. The van der Waals surface area contributed by atoms with E-state index in [1.807, 2.05) is 6.92 Å². The molecule has 0 amide bonds. The monoisotopic (exact) mass is 202 g/mol. The number of aliphatic hydroxyl groups excluding tert-OH is 1. The van der Waals surface area contributed by atoms with Crippen molar-refractivity contribution in [3.63, 3.8) is 0 Å². The van der Waals surface area contributed by atoms with Crippen LogP contribution in [0.5, 0.6) is 0 Å². The highest BCUT2D eigenvalue weighted by atomic mass is 16.5. The van der Waals surface area contributed by atoms with Gasteiger partial charge in [-0.1, -0.05) is 20.8 Å². The number of ether oxygens (including phenoxy) is 1. The normalized spacial score (nSPS) is 15.3. The Morgan fingerprint density at radius 1 is 1.36 bits per heavy atom. The van der Waals surface area contributed by atoms with Crippen LogP contribution in [0.2, 0.25) is 0 Å². The number of hydrogen-bond donors (Lipinski definition) is 1. The third-order valence-corrected chi connectivity index (χ3v) is 2.07. The van der Waals surface area contributed by atoms with Crippen LogP contribution in [0.15, 0.2) is 0 Å². The molecule has 0 aliphatic carbocycles. The predicted octanol–water partition coefficient (Wildman–Crippen LogP) is 2.13. The maximum Gasteiger partial charge on any atom is 0.302 e. The van der Waals surface area contributed by atoms with Crippen molar-refractivity contribution in [1.82, 2.24) is 0 Å². The van der Waals surface area contributed by atoms with Gasteiger partial charge in [0.15, 0.2) is 0 Å². The van der Waals surface area contributed by atoms with Gasteiger partial charge in [0, 0.05) is 13.3 Å². The molecular formula is C11H22O3. The molecule has 0 spiro atoms. The first kappa shape index (κ1) is 13.4. The standard InChI is InChI=1S/C11H22O3/c1-5-11(14-9(4)12)7-10(13)6-8(2)3/h8,10-11,13H,5-7H2,1-4H3. The molecule has 2 unspecified atom stereocenters. The lowest BCUT2D eigenvalue weighted by molar-refractivity contribution is -0.147. The largest absolute Gasteiger partial charge is 0.462 e. The molecule has 0 bridgehead atoms. The van der Waals surface area contributed by atoms with Crippen LogP contribution in [0.3, 0.4) is 0 Å². The minimum absolute atomic E-state index is 0.138. The van der Waals surface area contributed by atoms with E-state index in [1.165, 1.54) is 6.92 Å². The second kappa shape index (κ2) is 6.82. The van der Waals surface area contributed by atoms with Crippen LogP contribution in [-0.2, 0) is 9.53 Å². The average Bonchev–Trinajstić information content (AvgIpc) is 2.00. The Balaban J connectivity index is 3.85. The Bertz CT molecular complexity index is 166. The van der Waals surface area contributed by atoms with E-state index < -0.39 is 0 Å². The van der Waals surface area contributed by atoms with Gasteiger partial charge in [-0.15, -0.1) is 0 Å². The zero-order valence-electron chi connectivity index (χ0n) is 9.62. The molecule has 3 nitrogen and oxygen atoms in total. The topological polar surface area (TPSA) is 46.5 Å². The highest BCUT2D eigenvalue weighted by Crippen LogP contribution is 2.13. The summed E-state index contributed by atoms with van der Waals surface area (Å²) in [7, 11) is 0. The third-order valence-electron chi connectivity index (χ3n) is 2.07. The summed E-state index contributed by atoms with van der Waals surface area (Å²) >= 11 is 0. The summed E-state index contributed by atoms with van der Waals surface area (Å²) in [5.41, 5.74) is 0. The lowest BCUT2D eigenvalue weighted by Crippen LogP contribution is -2.23. The molecule has 0 radical (unpaired) electrons. The lowest BCUT2D eigenvalue weighted by Gasteiger charge is -2.19. The van der Waals surface area contributed by atoms with Crippen molar-refractivity contribution in [3.8, 4) is 0 Å². The van der Waals surface area contributed by atoms with E-state index >= 15 is 0 Å². The fraction of sp³-hybridized carbons (Fsp3) is 0.909. The Morgan fingerprint density at radius 2 is 1.93 bits per heavy atom. The number of carbonyl (C=O) groups is 1. The Morgan fingerprint density at radius 3 is 2.29 bits per heavy atom. The zero-order chi connectivity index (χ0) is 11.1. The summed E-state index contributed by atoms with van der Waals surface area (Å²) in [6.07, 6.45) is 1.57. The summed E-state index contributed by atoms with van der Waals surface area (Å²) in [5.74, 6) is 0.202. The fourth-order valence-corrected chi connectivity index (χ4v) is 1.48. The van der Waals surface area contributed by atoms with Crippen LogP contribution in [-0.4, -0.2) is 23.3 Å². The van der Waals surface area contributed by atoms with Gasteiger partial charge in [0.25, 0.3) is 0 Å². The molecule has 0 heterocycles. The Kier molecular flexibility index (Phi) is 6.54. The van der Waals surface area contributed by atoms with Gasteiger partial charge in [0.1, 0.15) is 6.10 Å². The van der Waals surface area contributed by atoms with E-state index in [4.69, 9.17) is 4.74 Å². The number of hydrogen-bond acceptors (Lipinski definition) is 3. The van der Waals surface area contributed by atoms with E-state index in [0.717, 1.165) is 12.8 Å². The molecule has 0 aromatic carbocycles. The molecule has 1 N–H and O–H groups in total. The second-order valence-electron chi connectivity index (χ2n) is 4.16. The van der Waals surface area contributed by atoms with Crippen LogP contribution in [0.25, 0.3) is 0 Å². The van der Waals surface area contributed by atoms with E-state index in [2.05, 4.69) is 13.8 Å². The molecule has 0 aromatic heterocycles. The number of rotatable bonds is 6. The highest BCUT2D eigenvalue weighted by molar-refractivity contribution is 5.66. The van der Waals surface area contributed by atoms with Crippen LogP contribution in [0.4, 0.5) is 0 Å². The van der Waals surface area contributed by atoms with Crippen molar-refractivity contribution in [1.29, 1.82) is 0 Å². The van der Waals surface area contributed by atoms with E-state index in [1.54, 1.807) is 0 Å². The van der Waals surface area contributed by atoms with Crippen molar-refractivity contribution in [2.45, 2.75) is 59.2 Å². The van der Waals surface area contributed by atoms with E-state index in [0.29, 0.717) is 12.3 Å². The minimum Gasteiger partial charge on any atom is -0.462 e. The van der Waals surface area contributed by atoms with Gasteiger partial charge in [-0.05, 0) is 18.8 Å².